The number of aromatic nitrogens is 1. The molecule has 8 nitrogen and oxygen atoms in total. The fourth-order valence-corrected chi connectivity index (χ4v) is 4.98. The van der Waals surface area contributed by atoms with E-state index < -0.39 is 10.0 Å². The average molecular weight is 506 g/mol. The smallest absolute Gasteiger partial charge is 0.261 e. The molecule has 0 saturated heterocycles. The van der Waals surface area contributed by atoms with Crippen LogP contribution in [0, 0.1) is 0 Å². The van der Waals surface area contributed by atoms with Gasteiger partial charge in [-0.25, -0.2) is 14.3 Å². The molecule has 0 unspecified atom stereocenters. The van der Waals surface area contributed by atoms with Gasteiger partial charge in [0.25, 0.3) is 10.0 Å². The van der Waals surface area contributed by atoms with Crippen molar-refractivity contribution < 1.29 is 13.2 Å². The molecule has 4 aromatic rings. The molecule has 6 N–H and O–H groups in total. The van der Waals surface area contributed by atoms with Gasteiger partial charge in [-0.3, -0.25) is 4.72 Å². The number of halogens is 2. The summed E-state index contributed by atoms with van der Waals surface area (Å²) in [7, 11) is -2.15. The van der Waals surface area contributed by atoms with Gasteiger partial charge in [-0.15, -0.1) is 0 Å². The summed E-state index contributed by atoms with van der Waals surface area (Å²) in [5, 5.41) is 2.82. The van der Waals surface area contributed by atoms with Crippen LogP contribution in [0.25, 0.3) is 10.9 Å². The van der Waals surface area contributed by atoms with Crippen LogP contribution in [0.3, 0.4) is 0 Å². The molecule has 172 valence electrons. The first-order valence-electron chi connectivity index (χ1n) is 9.73. The number of hydrogen-bond acceptors (Lipinski definition) is 6. The summed E-state index contributed by atoms with van der Waals surface area (Å²) in [6, 6.07) is 14.7. The Morgan fingerprint density at radius 1 is 1.06 bits per heavy atom. The second-order valence-corrected chi connectivity index (χ2v) is 9.85. The van der Waals surface area contributed by atoms with Crippen LogP contribution in [0.5, 0.6) is 5.75 Å². The molecule has 11 heteroatoms. The Labute approximate surface area is 201 Å². The molecule has 0 fully saturated rings. The third-order valence-electron chi connectivity index (χ3n) is 4.99. The number of hydrazine groups is 1. The van der Waals surface area contributed by atoms with Crippen LogP contribution in [-0.4, -0.2) is 20.4 Å². The summed E-state index contributed by atoms with van der Waals surface area (Å²) < 4.78 is 34.1. The van der Waals surface area contributed by atoms with E-state index in [-0.39, 0.29) is 11.5 Å². The number of hydrogen-bond donors (Lipinski definition) is 4. The maximum atomic E-state index is 12.9. The van der Waals surface area contributed by atoms with Crippen LogP contribution in [0.4, 0.5) is 17.1 Å². The van der Waals surface area contributed by atoms with Crippen molar-refractivity contribution in [2.75, 3.05) is 22.5 Å². The lowest BCUT2D eigenvalue weighted by Gasteiger charge is -2.16. The lowest BCUT2D eigenvalue weighted by molar-refractivity contribution is 0.306. The third-order valence-corrected chi connectivity index (χ3v) is 6.99. The van der Waals surface area contributed by atoms with Crippen LogP contribution in [-0.2, 0) is 16.6 Å². The molecular formula is C22H21Cl2N5O3S. The van der Waals surface area contributed by atoms with Gasteiger partial charge in [0.15, 0.2) is 0 Å². The standard InChI is InChI=1S/C22H21Cl2N5O3S/c1-29(26)20-9-2-13(10-18(20)25)12-32-14-3-5-15(6-4-14)33(30,31)28-19-8-7-16(23)21-17(24)11-27-22(19)21/h2-11,27-28H,12,25-26H2,1H3. The second-order valence-electron chi connectivity index (χ2n) is 7.35. The Bertz CT molecular complexity index is 1420. The molecule has 0 spiro atoms. The van der Waals surface area contributed by atoms with Crippen molar-refractivity contribution in [2.45, 2.75) is 11.5 Å². The zero-order chi connectivity index (χ0) is 23.8. The van der Waals surface area contributed by atoms with Crippen molar-refractivity contribution in [1.29, 1.82) is 0 Å². The van der Waals surface area contributed by atoms with E-state index in [9.17, 15) is 8.42 Å². The molecular weight excluding hydrogens is 485 g/mol. The van der Waals surface area contributed by atoms with Gasteiger partial charge >= 0.3 is 0 Å². The number of aromatic amines is 1. The molecule has 0 amide bonds. The van der Waals surface area contributed by atoms with Crippen molar-refractivity contribution in [1.82, 2.24) is 4.98 Å². The quantitative estimate of drug-likeness (QED) is 0.163. The lowest BCUT2D eigenvalue weighted by atomic mass is 10.2. The molecule has 0 radical (unpaired) electrons. The number of anilines is 3. The van der Waals surface area contributed by atoms with Gasteiger partial charge in [0.1, 0.15) is 12.4 Å². The summed E-state index contributed by atoms with van der Waals surface area (Å²) in [6.45, 7) is 0.263. The van der Waals surface area contributed by atoms with Crippen LogP contribution in [0.2, 0.25) is 10.0 Å². The molecule has 3 aromatic carbocycles. The highest BCUT2D eigenvalue weighted by Crippen LogP contribution is 2.35. The molecule has 0 bridgehead atoms. The number of fused-ring (bicyclic) bond motifs is 1. The van der Waals surface area contributed by atoms with Crippen LogP contribution in [0.1, 0.15) is 5.56 Å². The molecule has 0 atom stereocenters. The summed E-state index contributed by atoms with van der Waals surface area (Å²) in [6.07, 6.45) is 1.55. The Kier molecular flexibility index (Phi) is 6.31. The van der Waals surface area contributed by atoms with Crippen molar-refractivity contribution in [3.8, 4) is 5.75 Å². The number of nitrogens with one attached hydrogen (secondary N) is 2. The number of nitrogens with two attached hydrogens (primary N) is 2. The highest BCUT2D eigenvalue weighted by molar-refractivity contribution is 7.92. The largest absolute Gasteiger partial charge is 0.489 e. The predicted molar refractivity (Wildman–Crippen MR) is 133 cm³/mol. The zero-order valence-electron chi connectivity index (χ0n) is 17.5. The van der Waals surface area contributed by atoms with E-state index in [2.05, 4.69) is 9.71 Å². The number of sulfonamides is 1. The number of H-pyrrole nitrogens is 1. The summed E-state index contributed by atoms with van der Waals surface area (Å²) in [4.78, 5) is 3.02. The van der Waals surface area contributed by atoms with Gasteiger partial charge in [-0.2, -0.15) is 0 Å². The maximum absolute atomic E-state index is 12.9. The zero-order valence-corrected chi connectivity index (χ0v) is 19.8. The number of nitrogen functional groups attached to an aromatic ring is 1. The molecule has 1 heterocycles. The Morgan fingerprint density at radius 2 is 1.79 bits per heavy atom. The minimum Gasteiger partial charge on any atom is -0.489 e. The predicted octanol–water partition coefficient (Wildman–Crippen LogP) is 4.75. The highest BCUT2D eigenvalue weighted by atomic mass is 35.5. The number of nitrogens with zero attached hydrogens (tertiary/aromatic N) is 1. The third kappa shape index (κ3) is 4.81. The number of benzene rings is 3. The fourth-order valence-electron chi connectivity index (χ4n) is 3.35. The van der Waals surface area contributed by atoms with E-state index in [1.54, 1.807) is 49.6 Å². The average Bonchev–Trinajstić information content (AvgIpc) is 3.17. The van der Waals surface area contributed by atoms with Gasteiger partial charge in [-0.05, 0) is 54.1 Å². The van der Waals surface area contributed by atoms with Crippen LogP contribution < -0.4 is 26.0 Å². The minimum atomic E-state index is -3.86. The second kappa shape index (κ2) is 9.03. The molecule has 1 aromatic heterocycles. The van der Waals surface area contributed by atoms with E-state index in [0.29, 0.717) is 43.8 Å². The monoisotopic (exact) mass is 505 g/mol. The van der Waals surface area contributed by atoms with Crippen LogP contribution in [0.15, 0.2) is 65.7 Å². The first kappa shape index (κ1) is 23.1. The summed E-state index contributed by atoms with van der Waals surface area (Å²) in [5.74, 6) is 6.23. The van der Waals surface area contributed by atoms with E-state index >= 15 is 0 Å². The molecule has 4 rings (SSSR count). The number of rotatable bonds is 7. The van der Waals surface area contributed by atoms with Crippen molar-refractivity contribution >= 4 is 61.2 Å². The minimum absolute atomic E-state index is 0.0789. The number of ether oxygens (including phenoxy) is 1. The molecule has 0 aliphatic rings. The van der Waals surface area contributed by atoms with Gasteiger partial charge < -0.3 is 20.5 Å². The van der Waals surface area contributed by atoms with Crippen molar-refractivity contribution in [3.05, 3.63) is 76.4 Å². The lowest BCUT2D eigenvalue weighted by Crippen LogP contribution is -2.26. The van der Waals surface area contributed by atoms with Gasteiger partial charge in [0.05, 0.1) is 37.5 Å². The Hall–Kier alpha value is -3.11. The van der Waals surface area contributed by atoms with E-state index in [1.807, 2.05) is 6.07 Å². The summed E-state index contributed by atoms with van der Waals surface area (Å²) in [5.41, 5.74) is 8.94. The fraction of sp³-hybridized carbons (Fsp3) is 0.0909. The van der Waals surface area contributed by atoms with Gasteiger partial charge in [-0.1, -0.05) is 29.3 Å². The molecule has 0 saturated carbocycles. The molecule has 0 aliphatic heterocycles. The first-order chi connectivity index (χ1) is 15.7. The van der Waals surface area contributed by atoms with Crippen molar-refractivity contribution in [2.24, 2.45) is 5.84 Å². The maximum Gasteiger partial charge on any atom is 0.261 e. The van der Waals surface area contributed by atoms with Gasteiger partial charge in [0.2, 0.25) is 0 Å². The highest BCUT2D eigenvalue weighted by Gasteiger charge is 2.18. The van der Waals surface area contributed by atoms with E-state index in [4.69, 9.17) is 39.5 Å². The van der Waals surface area contributed by atoms with Crippen molar-refractivity contribution in [3.63, 3.8) is 0 Å². The molecule has 33 heavy (non-hydrogen) atoms. The normalized spacial score (nSPS) is 11.5. The Morgan fingerprint density at radius 3 is 2.45 bits per heavy atom. The Balaban J connectivity index is 1.48. The summed E-state index contributed by atoms with van der Waals surface area (Å²) >= 11 is 12.3. The van der Waals surface area contributed by atoms with E-state index in [0.717, 1.165) is 5.56 Å². The topological polar surface area (TPSA) is 126 Å². The van der Waals surface area contributed by atoms with Gasteiger partial charge in [0, 0.05) is 18.6 Å². The SMILES string of the molecule is CN(N)c1ccc(COc2ccc(S(=O)(=O)Nc3ccc(Cl)c4c(Cl)c[nH]c34)cc2)cc1N. The molecule has 0 aliphatic carbocycles. The van der Waals surface area contributed by atoms with E-state index in [1.165, 1.54) is 17.1 Å². The first-order valence-corrected chi connectivity index (χ1v) is 12.0. The van der Waals surface area contributed by atoms with Crippen LogP contribution >= 0.6 is 23.2 Å².